The van der Waals surface area contributed by atoms with E-state index >= 15 is 4.79 Å². The lowest BCUT2D eigenvalue weighted by Crippen LogP contribution is -2.59. The van der Waals surface area contributed by atoms with Crippen LogP contribution in [-0.4, -0.2) is 138 Å². The molecule has 4 fully saturated rings. The molecule has 4 amide bonds. The number of fused-ring (bicyclic) bond motifs is 5. The van der Waals surface area contributed by atoms with Crippen molar-refractivity contribution in [2.75, 3.05) is 52.5 Å². The summed E-state index contributed by atoms with van der Waals surface area (Å²) < 4.78 is 46.8. The van der Waals surface area contributed by atoms with Gasteiger partial charge in [0, 0.05) is 49.5 Å². The molecule has 6 aliphatic rings. The fourth-order valence-electron chi connectivity index (χ4n) is 10.2. The molecule has 2 saturated heterocycles. The molecule has 4 aliphatic heterocycles. The Bertz CT molecular complexity index is 2310. The molecule has 1 aromatic carbocycles. The third kappa shape index (κ3) is 9.97. The van der Waals surface area contributed by atoms with Gasteiger partial charge in [0.15, 0.2) is 0 Å². The second kappa shape index (κ2) is 18.3. The number of ether oxygens (including phenoxy) is 3. The number of rotatable bonds is 11. The third-order valence-electron chi connectivity index (χ3n) is 14.4. The van der Waals surface area contributed by atoms with Gasteiger partial charge in [0.05, 0.1) is 42.3 Å². The van der Waals surface area contributed by atoms with E-state index in [1.165, 1.54) is 9.80 Å². The highest BCUT2D eigenvalue weighted by atomic mass is 32.2. The lowest BCUT2D eigenvalue weighted by molar-refractivity contribution is -0.143. The number of hydrogen-bond acceptors (Lipinski definition) is 11. The number of nitrogens with zero attached hydrogens (tertiary/aromatic N) is 4. The number of pyridine rings is 1. The van der Waals surface area contributed by atoms with Crippen LogP contribution in [0.25, 0.3) is 10.9 Å². The Morgan fingerprint density at radius 3 is 2.57 bits per heavy atom. The molecule has 1 aromatic heterocycles. The Labute approximate surface area is 383 Å². The zero-order chi connectivity index (χ0) is 46.4. The van der Waals surface area contributed by atoms with Crippen LogP contribution in [0.15, 0.2) is 30.4 Å². The summed E-state index contributed by atoms with van der Waals surface area (Å²) >= 11 is 0. The molecule has 3 N–H and O–H groups in total. The fraction of sp³-hybridized carbons (Fsp3) is 0.688. The molecular weight excluding hydrogens is 853 g/mol. The zero-order valence-corrected chi connectivity index (χ0v) is 39.6. The summed E-state index contributed by atoms with van der Waals surface area (Å²) in [7, 11) is -4.02. The van der Waals surface area contributed by atoms with Crippen molar-refractivity contribution in [1.82, 2.24) is 29.7 Å². The smallest absolute Gasteiger partial charge is 0.407 e. The van der Waals surface area contributed by atoms with Crippen LogP contribution in [0.1, 0.15) is 117 Å². The molecule has 0 radical (unpaired) electrons. The van der Waals surface area contributed by atoms with Gasteiger partial charge in [-0.3, -0.25) is 28.9 Å². The van der Waals surface area contributed by atoms with Gasteiger partial charge >= 0.3 is 6.09 Å². The Kier molecular flexibility index (Phi) is 13.2. The van der Waals surface area contributed by atoms with E-state index in [1.54, 1.807) is 6.92 Å². The molecule has 2 aromatic rings. The number of carboxylic acid groups (broad SMARTS) is 1. The van der Waals surface area contributed by atoms with Crippen molar-refractivity contribution < 1.29 is 46.9 Å². The standard InChI is InChI=1S/C48H68N6O10S/c1-6-36-40-34(35-27-33(15-16-37(35)49-36)63-24-12-21-52-22-25-62-26-23-52)17-18-47(64-40)29-39-41(55)50-48(43(57)51-65(60,61)46(5)19-20-46)28-32(48)13-10-8-7-9-11-14-38(42(56)53(39)31-47)54(44(58)59)30-45(2,3)4/h10,13,15-16,27,32,38-39H,6-9,11-12,14,17-26,28-31H2,1-5H3,(H,50,55)(H,51,57)(H,58,59)/b13-10-/t32-,38+,39+,47-,48-/m1/s1. The molecule has 0 bridgehead atoms. The SMILES string of the molecule is CCc1nc2ccc(OCCCN3CCOCC3)cc2c2c1O[C@]1(CC2)C[C@H]2C(=O)N[C@]3(C(=O)NS(=O)(=O)C4(C)CC4)C[C@H]3/C=C\CCCCC[C@H](N(CC(C)(C)C)C(=O)O)C(=O)N2C1. The first-order chi connectivity index (χ1) is 30.9. The van der Waals surface area contributed by atoms with Crippen molar-refractivity contribution in [3.05, 3.63) is 41.6 Å². The summed E-state index contributed by atoms with van der Waals surface area (Å²) in [6, 6.07) is 3.71. The highest BCUT2D eigenvalue weighted by Crippen LogP contribution is 2.49. The van der Waals surface area contributed by atoms with Gasteiger partial charge in [-0.25, -0.2) is 18.2 Å². The number of amides is 4. The number of morpholine rings is 1. The predicted molar refractivity (Wildman–Crippen MR) is 244 cm³/mol. The maximum atomic E-state index is 15.2. The summed E-state index contributed by atoms with van der Waals surface area (Å²) in [5, 5.41) is 14.5. The van der Waals surface area contributed by atoms with Gasteiger partial charge in [-0.05, 0) is 94.7 Å². The van der Waals surface area contributed by atoms with Crippen LogP contribution in [0.2, 0.25) is 0 Å². The molecule has 8 rings (SSSR count). The van der Waals surface area contributed by atoms with E-state index in [-0.39, 0.29) is 32.4 Å². The molecule has 2 saturated carbocycles. The van der Waals surface area contributed by atoms with Crippen LogP contribution >= 0.6 is 0 Å². The first-order valence-electron chi connectivity index (χ1n) is 23.8. The molecule has 5 atom stereocenters. The number of aromatic nitrogens is 1. The minimum atomic E-state index is -4.02. The van der Waals surface area contributed by atoms with Crippen molar-refractivity contribution in [3.63, 3.8) is 0 Å². The van der Waals surface area contributed by atoms with Gasteiger partial charge in [0.2, 0.25) is 21.8 Å². The van der Waals surface area contributed by atoms with Crippen molar-refractivity contribution in [3.8, 4) is 11.5 Å². The Morgan fingerprint density at radius 2 is 1.86 bits per heavy atom. The minimum absolute atomic E-state index is 0.00554. The molecular formula is C48H68N6O10S. The van der Waals surface area contributed by atoms with Gasteiger partial charge in [-0.15, -0.1) is 0 Å². The van der Waals surface area contributed by atoms with Gasteiger partial charge < -0.3 is 29.5 Å². The number of carbonyl (C=O) groups excluding carboxylic acids is 3. The molecule has 1 spiro atoms. The first-order valence-corrected chi connectivity index (χ1v) is 25.3. The van der Waals surface area contributed by atoms with Crippen molar-refractivity contribution >= 4 is 44.7 Å². The summed E-state index contributed by atoms with van der Waals surface area (Å²) in [4.78, 5) is 67.5. The third-order valence-corrected chi connectivity index (χ3v) is 16.6. The van der Waals surface area contributed by atoms with E-state index < -0.39 is 73.1 Å². The van der Waals surface area contributed by atoms with Crippen LogP contribution in [-0.2, 0) is 42.0 Å². The zero-order valence-electron chi connectivity index (χ0n) is 38.8. The summed E-state index contributed by atoms with van der Waals surface area (Å²) in [6.07, 6.45) is 9.24. The second-order valence-corrected chi connectivity index (χ2v) is 22.9. The maximum Gasteiger partial charge on any atom is 0.407 e. The fourth-order valence-corrected chi connectivity index (χ4v) is 11.5. The lowest BCUT2D eigenvalue weighted by Gasteiger charge is -2.38. The van der Waals surface area contributed by atoms with Gasteiger partial charge in [0.1, 0.15) is 34.7 Å². The predicted octanol–water partition coefficient (Wildman–Crippen LogP) is 5.35. The van der Waals surface area contributed by atoms with Gasteiger partial charge in [-0.1, -0.05) is 52.7 Å². The van der Waals surface area contributed by atoms with Gasteiger partial charge in [-0.2, -0.15) is 0 Å². The van der Waals surface area contributed by atoms with E-state index in [2.05, 4.69) is 14.9 Å². The molecule has 5 heterocycles. The summed E-state index contributed by atoms with van der Waals surface area (Å²) in [5.74, 6) is -1.00. The highest BCUT2D eigenvalue weighted by molar-refractivity contribution is 7.91. The second-order valence-electron chi connectivity index (χ2n) is 20.7. The number of allylic oxidation sites excluding steroid dienone is 1. The van der Waals surface area contributed by atoms with Crippen molar-refractivity contribution in [1.29, 1.82) is 0 Å². The topological polar surface area (TPSA) is 197 Å². The Hall–Kier alpha value is -4.48. The highest BCUT2D eigenvalue weighted by Gasteiger charge is 2.64. The number of nitrogens with one attached hydrogen (secondary N) is 2. The van der Waals surface area contributed by atoms with Crippen LogP contribution in [0, 0.1) is 11.3 Å². The van der Waals surface area contributed by atoms with Crippen LogP contribution in [0.5, 0.6) is 11.5 Å². The van der Waals surface area contributed by atoms with E-state index in [9.17, 15) is 27.9 Å². The summed E-state index contributed by atoms with van der Waals surface area (Å²) in [5.41, 5.74) is -0.522. The Morgan fingerprint density at radius 1 is 1.09 bits per heavy atom. The quantitative estimate of drug-likeness (QED) is 0.193. The Balaban J connectivity index is 1.11. The average Bonchev–Trinajstić information content (AvgIpc) is 4.16. The largest absolute Gasteiger partial charge is 0.494 e. The number of carbonyl (C=O) groups is 4. The number of benzene rings is 1. The lowest BCUT2D eigenvalue weighted by atomic mass is 9.87. The molecule has 17 heteroatoms. The molecule has 16 nitrogen and oxygen atoms in total. The molecule has 356 valence electrons. The molecule has 65 heavy (non-hydrogen) atoms. The van der Waals surface area contributed by atoms with E-state index in [0.717, 1.165) is 80.0 Å². The minimum Gasteiger partial charge on any atom is -0.494 e. The van der Waals surface area contributed by atoms with Crippen LogP contribution in [0.3, 0.4) is 0 Å². The first kappa shape index (κ1) is 47.0. The van der Waals surface area contributed by atoms with Crippen LogP contribution in [0.4, 0.5) is 4.79 Å². The average molecular weight is 921 g/mol. The number of aryl methyl sites for hydroxylation is 2. The summed E-state index contributed by atoms with van der Waals surface area (Å²) in [6.45, 7) is 14.3. The van der Waals surface area contributed by atoms with Crippen LogP contribution < -0.4 is 19.5 Å². The van der Waals surface area contributed by atoms with E-state index in [4.69, 9.17) is 19.2 Å². The van der Waals surface area contributed by atoms with Crippen molar-refractivity contribution in [2.45, 2.75) is 146 Å². The van der Waals surface area contributed by atoms with E-state index in [0.29, 0.717) is 57.3 Å². The number of hydrogen-bond donors (Lipinski definition) is 3. The van der Waals surface area contributed by atoms with E-state index in [1.807, 2.05) is 58.0 Å². The van der Waals surface area contributed by atoms with Crippen molar-refractivity contribution in [2.24, 2.45) is 11.3 Å². The van der Waals surface area contributed by atoms with Gasteiger partial charge in [0.25, 0.3) is 5.91 Å². The molecule has 0 unspecified atom stereocenters. The number of sulfonamides is 1. The normalized spacial score (nSPS) is 28.7. The molecule has 2 aliphatic carbocycles. The maximum absolute atomic E-state index is 15.2. The monoisotopic (exact) mass is 920 g/mol.